The van der Waals surface area contributed by atoms with E-state index in [1.54, 1.807) is 5.51 Å². The van der Waals surface area contributed by atoms with Crippen molar-refractivity contribution in [2.75, 3.05) is 13.2 Å². The first-order chi connectivity index (χ1) is 11.7. The fraction of sp³-hybridized carbons (Fsp3) is 0.412. The van der Waals surface area contributed by atoms with Crippen LogP contribution in [0.5, 0.6) is 5.75 Å². The number of amides is 1. The maximum Gasteiger partial charge on any atom is 0.226 e. The normalized spacial score (nSPS) is 20.5. The average molecular weight is 348 g/mol. The fourth-order valence-electron chi connectivity index (χ4n) is 2.59. The predicted molar refractivity (Wildman–Crippen MR) is 90.0 cm³/mol. The molecule has 7 heteroatoms. The van der Waals surface area contributed by atoms with Gasteiger partial charge in [-0.2, -0.15) is 0 Å². The number of aromatic nitrogens is 1. The minimum atomic E-state index is -0.192. The molecule has 0 unspecified atom stereocenters. The number of nitrogens with zero attached hydrogens (tertiary/aromatic N) is 1. The third kappa shape index (κ3) is 4.53. The van der Waals surface area contributed by atoms with Crippen molar-refractivity contribution < 1.29 is 19.4 Å². The SMILES string of the molecule is O=C(Cc1cscn1)N[C@@H]1COCC[C@H]1Oc1ccc(CO)cc1. The topological polar surface area (TPSA) is 80.7 Å². The van der Waals surface area contributed by atoms with Crippen LogP contribution in [0.25, 0.3) is 0 Å². The Balaban J connectivity index is 1.58. The van der Waals surface area contributed by atoms with Crippen LogP contribution in [-0.2, 0) is 22.6 Å². The van der Waals surface area contributed by atoms with Crippen molar-refractivity contribution in [3.63, 3.8) is 0 Å². The molecule has 0 spiro atoms. The number of hydrogen-bond acceptors (Lipinski definition) is 6. The summed E-state index contributed by atoms with van der Waals surface area (Å²) in [6.45, 7) is 1.05. The molecule has 1 aliphatic rings. The summed E-state index contributed by atoms with van der Waals surface area (Å²) in [4.78, 5) is 16.3. The number of hydrogen-bond donors (Lipinski definition) is 2. The summed E-state index contributed by atoms with van der Waals surface area (Å²) < 4.78 is 11.5. The standard InChI is InChI=1S/C17H20N2O4S/c20-8-12-1-3-14(4-2-12)23-16-5-6-22-9-15(16)19-17(21)7-13-10-24-11-18-13/h1-4,10-11,15-16,20H,5-9H2,(H,19,21)/t15-,16-/m1/s1. The van der Waals surface area contributed by atoms with Crippen LogP contribution in [0, 0.1) is 0 Å². The molecule has 1 fully saturated rings. The van der Waals surface area contributed by atoms with Gasteiger partial charge in [0.1, 0.15) is 11.9 Å². The second kappa shape index (κ2) is 8.23. The number of nitrogens with one attached hydrogen (secondary N) is 1. The van der Waals surface area contributed by atoms with Crippen LogP contribution < -0.4 is 10.1 Å². The lowest BCUT2D eigenvalue weighted by Crippen LogP contribution is -2.52. The van der Waals surface area contributed by atoms with Gasteiger partial charge in [-0.05, 0) is 17.7 Å². The summed E-state index contributed by atoms with van der Waals surface area (Å²) in [7, 11) is 0. The number of carbonyl (C=O) groups excluding carboxylic acids is 1. The van der Waals surface area contributed by atoms with Gasteiger partial charge in [0.05, 0.1) is 43.5 Å². The zero-order valence-corrected chi connectivity index (χ0v) is 14.0. The summed E-state index contributed by atoms with van der Waals surface area (Å²) in [6, 6.07) is 7.11. The molecule has 1 aliphatic heterocycles. The van der Waals surface area contributed by atoms with Gasteiger partial charge in [-0.25, -0.2) is 4.98 Å². The molecular weight excluding hydrogens is 328 g/mol. The average Bonchev–Trinajstić information content (AvgIpc) is 3.10. The Hall–Kier alpha value is -1.96. The van der Waals surface area contributed by atoms with Gasteiger partial charge in [-0.1, -0.05) is 12.1 Å². The highest BCUT2D eigenvalue weighted by molar-refractivity contribution is 7.07. The van der Waals surface area contributed by atoms with E-state index >= 15 is 0 Å². The van der Waals surface area contributed by atoms with Gasteiger partial charge in [-0.15, -0.1) is 11.3 Å². The Morgan fingerprint density at radius 2 is 2.25 bits per heavy atom. The van der Waals surface area contributed by atoms with Crippen LogP contribution in [0.15, 0.2) is 35.2 Å². The molecule has 1 amide bonds. The molecule has 2 heterocycles. The lowest BCUT2D eigenvalue weighted by molar-refractivity contribution is -0.123. The number of aliphatic hydroxyl groups excluding tert-OH is 1. The van der Waals surface area contributed by atoms with Gasteiger partial charge in [0, 0.05) is 11.8 Å². The summed E-state index contributed by atoms with van der Waals surface area (Å²) in [5, 5.41) is 13.9. The van der Waals surface area contributed by atoms with Gasteiger partial charge in [0.15, 0.2) is 0 Å². The maximum atomic E-state index is 12.2. The van der Waals surface area contributed by atoms with Crippen molar-refractivity contribution in [3.8, 4) is 5.75 Å². The maximum absolute atomic E-state index is 12.2. The molecule has 3 rings (SSSR count). The first-order valence-corrected chi connectivity index (χ1v) is 8.79. The Labute approximate surface area is 144 Å². The largest absolute Gasteiger partial charge is 0.488 e. The molecule has 2 aromatic rings. The summed E-state index contributed by atoms with van der Waals surface area (Å²) in [6.07, 6.45) is 0.833. The third-order valence-corrected chi connectivity index (χ3v) is 4.49. The molecule has 0 radical (unpaired) electrons. The van der Waals surface area contributed by atoms with E-state index in [9.17, 15) is 4.79 Å². The van der Waals surface area contributed by atoms with Crippen molar-refractivity contribution in [1.29, 1.82) is 0 Å². The quantitative estimate of drug-likeness (QED) is 0.827. The zero-order valence-electron chi connectivity index (χ0n) is 13.2. The fourth-order valence-corrected chi connectivity index (χ4v) is 3.15. The molecular formula is C17H20N2O4S. The van der Waals surface area contributed by atoms with Gasteiger partial charge < -0.3 is 19.9 Å². The first-order valence-electron chi connectivity index (χ1n) is 7.85. The van der Waals surface area contributed by atoms with E-state index in [-0.39, 0.29) is 31.1 Å². The van der Waals surface area contributed by atoms with Crippen LogP contribution >= 0.6 is 11.3 Å². The van der Waals surface area contributed by atoms with E-state index in [4.69, 9.17) is 14.6 Å². The lowest BCUT2D eigenvalue weighted by Gasteiger charge is -2.32. The van der Waals surface area contributed by atoms with E-state index in [1.807, 2.05) is 29.6 Å². The third-order valence-electron chi connectivity index (χ3n) is 3.86. The highest BCUT2D eigenvalue weighted by atomic mass is 32.1. The Bertz CT molecular complexity index is 645. The number of aliphatic hydroxyl groups is 1. The van der Waals surface area contributed by atoms with Crippen molar-refractivity contribution in [2.45, 2.75) is 31.6 Å². The van der Waals surface area contributed by atoms with Gasteiger partial charge >= 0.3 is 0 Å². The van der Waals surface area contributed by atoms with Crippen molar-refractivity contribution in [3.05, 3.63) is 46.4 Å². The molecule has 1 aromatic carbocycles. The van der Waals surface area contributed by atoms with Crippen LogP contribution in [0.2, 0.25) is 0 Å². The van der Waals surface area contributed by atoms with E-state index in [0.717, 1.165) is 17.0 Å². The van der Waals surface area contributed by atoms with Gasteiger partial charge in [0.2, 0.25) is 5.91 Å². The Kier molecular flexibility index (Phi) is 5.79. The van der Waals surface area contributed by atoms with E-state index in [0.29, 0.717) is 19.6 Å². The highest BCUT2D eigenvalue weighted by Crippen LogP contribution is 2.19. The van der Waals surface area contributed by atoms with E-state index < -0.39 is 0 Å². The summed E-state index contributed by atoms with van der Waals surface area (Å²) in [5.74, 6) is 0.637. The minimum absolute atomic E-state index is 0.00680. The smallest absolute Gasteiger partial charge is 0.226 e. The van der Waals surface area contributed by atoms with Crippen LogP contribution in [0.1, 0.15) is 17.7 Å². The molecule has 0 aliphatic carbocycles. The summed E-state index contributed by atoms with van der Waals surface area (Å²) >= 11 is 1.47. The van der Waals surface area contributed by atoms with Crippen molar-refractivity contribution in [2.24, 2.45) is 0 Å². The zero-order chi connectivity index (χ0) is 16.8. The first kappa shape index (κ1) is 16.9. The number of carbonyl (C=O) groups is 1. The van der Waals surface area contributed by atoms with Crippen molar-refractivity contribution >= 4 is 17.2 Å². The van der Waals surface area contributed by atoms with Gasteiger partial charge in [-0.3, -0.25) is 4.79 Å². The lowest BCUT2D eigenvalue weighted by atomic mass is 10.1. The molecule has 1 saturated heterocycles. The van der Waals surface area contributed by atoms with Gasteiger partial charge in [0.25, 0.3) is 0 Å². The Morgan fingerprint density at radius 3 is 2.96 bits per heavy atom. The van der Waals surface area contributed by atoms with Crippen LogP contribution in [-0.4, -0.2) is 41.4 Å². The van der Waals surface area contributed by atoms with Crippen LogP contribution in [0.3, 0.4) is 0 Å². The second-order valence-electron chi connectivity index (χ2n) is 5.65. The highest BCUT2D eigenvalue weighted by Gasteiger charge is 2.29. The molecule has 2 N–H and O–H groups in total. The number of benzene rings is 1. The Morgan fingerprint density at radius 1 is 1.42 bits per heavy atom. The molecule has 2 atom stereocenters. The number of rotatable bonds is 6. The molecule has 128 valence electrons. The molecule has 6 nitrogen and oxygen atoms in total. The van der Waals surface area contributed by atoms with Crippen LogP contribution in [0.4, 0.5) is 0 Å². The minimum Gasteiger partial charge on any atom is -0.488 e. The van der Waals surface area contributed by atoms with E-state index in [2.05, 4.69) is 10.3 Å². The molecule has 24 heavy (non-hydrogen) atoms. The molecule has 1 aromatic heterocycles. The second-order valence-corrected chi connectivity index (χ2v) is 6.37. The monoisotopic (exact) mass is 348 g/mol. The van der Waals surface area contributed by atoms with E-state index in [1.165, 1.54) is 11.3 Å². The summed E-state index contributed by atoms with van der Waals surface area (Å²) in [5.41, 5.74) is 3.32. The predicted octanol–water partition coefficient (Wildman–Crippen LogP) is 1.53. The molecule has 0 saturated carbocycles. The molecule has 0 bridgehead atoms. The van der Waals surface area contributed by atoms with Crippen molar-refractivity contribution in [1.82, 2.24) is 10.3 Å². The number of thiazole rings is 1. The number of ether oxygens (including phenoxy) is 2.